The Kier molecular flexibility index (Phi) is 5.22. The Balaban J connectivity index is 1.26. The number of aliphatic hydroxyl groups excluding tert-OH is 1. The summed E-state index contributed by atoms with van der Waals surface area (Å²) in [7, 11) is 0. The summed E-state index contributed by atoms with van der Waals surface area (Å²) in [4.78, 5) is 16.9. The van der Waals surface area contributed by atoms with E-state index in [9.17, 15) is 15.0 Å². The standard InChI is InChI=1S/C25H25ClN2O3/c26-19-9-7-18(8-10-19)25(31)11-13-27(14-12-25)15-16-28-23(29)20-5-1-3-17-4-2-6-21(22(17)20)24(28)30/h1-10,23,29,31H,11-16H2. The van der Waals surface area contributed by atoms with Crippen molar-refractivity contribution in [2.75, 3.05) is 26.2 Å². The smallest absolute Gasteiger partial charge is 0.256 e. The van der Waals surface area contributed by atoms with Crippen LogP contribution in [0.1, 0.15) is 40.6 Å². The molecule has 1 fully saturated rings. The summed E-state index contributed by atoms with van der Waals surface area (Å²) in [6.07, 6.45) is 0.294. The molecule has 6 heteroatoms. The molecular weight excluding hydrogens is 412 g/mol. The number of aliphatic hydroxyl groups is 2. The maximum absolute atomic E-state index is 13.1. The molecule has 1 unspecified atom stereocenters. The summed E-state index contributed by atoms with van der Waals surface area (Å²) in [5.41, 5.74) is 1.47. The molecule has 5 nitrogen and oxygen atoms in total. The number of carbonyl (C=O) groups is 1. The van der Waals surface area contributed by atoms with Gasteiger partial charge < -0.3 is 20.0 Å². The van der Waals surface area contributed by atoms with Crippen molar-refractivity contribution in [2.45, 2.75) is 24.7 Å². The van der Waals surface area contributed by atoms with Crippen molar-refractivity contribution in [1.82, 2.24) is 9.80 Å². The number of rotatable bonds is 4. The number of hydrogen-bond acceptors (Lipinski definition) is 4. The van der Waals surface area contributed by atoms with Crippen LogP contribution in [0.25, 0.3) is 10.8 Å². The first kappa shape index (κ1) is 20.5. The first-order valence-electron chi connectivity index (χ1n) is 10.7. The van der Waals surface area contributed by atoms with E-state index in [1.807, 2.05) is 60.7 Å². The molecule has 0 bridgehead atoms. The van der Waals surface area contributed by atoms with Gasteiger partial charge in [-0.15, -0.1) is 0 Å². The number of hydrogen-bond donors (Lipinski definition) is 2. The molecule has 2 heterocycles. The normalized spacial score (nSPS) is 20.9. The van der Waals surface area contributed by atoms with Gasteiger partial charge in [-0.25, -0.2) is 0 Å². The maximum atomic E-state index is 13.1. The molecule has 0 spiro atoms. The van der Waals surface area contributed by atoms with Crippen LogP contribution in [-0.4, -0.2) is 52.1 Å². The minimum Gasteiger partial charge on any atom is -0.385 e. The van der Waals surface area contributed by atoms with Gasteiger partial charge in [0.25, 0.3) is 5.91 Å². The van der Waals surface area contributed by atoms with E-state index in [1.165, 1.54) is 0 Å². The van der Waals surface area contributed by atoms with Crippen molar-refractivity contribution in [3.05, 3.63) is 82.4 Å². The third-order valence-electron chi connectivity index (χ3n) is 6.72. The van der Waals surface area contributed by atoms with Crippen LogP contribution in [0, 0.1) is 0 Å². The molecule has 1 amide bonds. The number of carbonyl (C=O) groups excluding carboxylic acids is 1. The Bertz CT molecular complexity index is 1120. The lowest BCUT2D eigenvalue weighted by Gasteiger charge is -2.40. The Labute approximate surface area is 186 Å². The van der Waals surface area contributed by atoms with Crippen molar-refractivity contribution >= 4 is 28.3 Å². The van der Waals surface area contributed by atoms with Gasteiger partial charge in [-0.1, -0.05) is 54.1 Å². The van der Waals surface area contributed by atoms with E-state index in [1.54, 1.807) is 4.90 Å². The number of halogens is 1. The van der Waals surface area contributed by atoms with Gasteiger partial charge in [0.15, 0.2) is 6.23 Å². The van der Waals surface area contributed by atoms with Crippen LogP contribution in [-0.2, 0) is 5.60 Å². The van der Waals surface area contributed by atoms with E-state index in [0.29, 0.717) is 36.5 Å². The molecule has 3 aromatic rings. The van der Waals surface area contributed by atoms with Gasteiger partial charge in [-0.3, -0.25) is 4.79 Å². The summed E-state index contributed by atoms with van der Waals surface area (Å²) in [6.45, 7) is 2.54. The number of benzene rings is 3. The molecule has 0 aliphatic carbocycles. The molecular formula is C25H25ClN2O3. The average Bonchev–Trinajstić information content (AvgIpc) is 2.79. The first-order chi connectivity index (χ1) is 15.0. The largest absolute Gasteiger partial charge is 0.385 e. The zero-order valence-electron chi connectivity index (χ0n) is 17.2. The third-order valence-corrected chi connectivity index (χ3v) is 6.98. The van der Waals surface area contributed by atoms with Crippen LogP contribution in [0.3, 0.4) is 0 Å². The fourth-order valence-electron chi connectivity index (χ4n) is 4.87. The minimum atomic E-state index is -0.943. The highest BCUT2D eigenvalue weighted by Crippen LogP contribution is 2.36. The Morgan fingerprint density at radius 2 is 1.65 bits per heavy atom. The van der Waals surface area contributed by atoms with Crippen LogP contribution in [0.2, 0.25) is 5.02 Å². The first-order valence-corrected chi connectivity index (χ1v) is 11.1. The van der Waals surface area contributed by atoms with E-state index in [2.05, 4.69) is 4.90 Å². The second-order valence-electron chi connectivity index (χ2n) is 8.50. The lowest BCUT2D eigenvalue weighted by atomic mass is 9.84. The Hall–Kier alpha value is -2.44. The van der Waals surface area contributed by atoms with E-state index in [0.717, 1.165) is 35.0 Å². The summed E-state index contributed by atoms with van der Waals surface area (Å²) < 4.78 is 0. The van der Waals surface area contributed by atoms with Crippen molar-refractivity contribution in [3.63, 3.8) is 0 Å². The molecule has 1 saturated heterocycles. The number of nitrogens with zero attached hydrogens (tertiary/aromatic N) is 2. The second-order valence-corrected chi connectivity index (χ2v) is 8.94. The SMILES string of the molecule is O=C1c2cccc3cccc(c23)C(O)N1CCN1CCC(O)(c2ccc(Cl)cc2)CC1. The molecule has 160 valence electrons. The van der Waals surface area contributed by atoms with E-state index in [4.69, 9.17) is 11.6 Å². The quantitative estimate of drug-likeness (QED) is 0.650. The lowest BCUT2D eigenvalue weighted by molar-refractivity contribution is -0.0337. The molecule has 2 aliphatic rings. The number of likely N-dealkylation sites (tertiary alicyclic amines) is 1. The van der Waals surface area contributed by atoms with Crippen LogP contribution < -0.4 is 0 Å². The van der Waals surface area contributed by atoms with Gasteiger partial charge in [0, 0.05) is 47.7 Å². The second kappa shape index (κ2) is 7.92. The fraction of sp³-hybridized carbons (Fsp3) is 0.320. The van der Waals surface area contributed by atoms with Crippen molar-refractivity contribution in [1.29, 1.82) is 0 Å². The molecule has 5 rings (SSSR count). The van der Waals surface area contributed by atoms with Crippen molar-refractivity contribution in [3.8, 4) is 0 Å². The summed E-state index contributed by atoms with van der Waals surface area (Å²) in [6, 6.07) is 18.9. The van der Waals surface area contributed by atoms with E-state index in [-0.39, 0.29) is 5.91 Å². The number of piperidine rings is 1. The zero-order chi connectivity index (χ0) is 21.6. The number of amides is 1. The molecule has 2 N–H and O–H groups in total. The summed E-state index contributed by atoms with van der Waals surface area (Å²) >= 11 is 5.97. The van der Waals surface area contributed by atoms with Gasteiger partial charge in [0.1, 0.15) is 0 Å². The highest BCUT2D eigenvalue weighted by atomic mass is 35.5. The van der Waals surface area contributed by atoms with Crippen LogP contribution in [0.4, 0.5) is 0 Å². The minimum absolute atomic E-state index is 0.133. The molecule has 31 heavy (non-hydrogen) atoms. The van der Waals surface area contributed by atoms with Gasteiger partial charge in [-0.05, 0) is 42.0 Å². The van der Waals surface area contributed by atoms with Crippen molar-refractivity contribution in [2.24, 2.45) is 0 Å². The van der Waals surface area contributed by atoms with Crippen LogP contribution in [0.15, 0.2) is 60.7 Å². The van der Waals surface area contributed by atoms with Gasteiger partial charge in [0.05, 0.1) is 5.60 Å². The van der Waals surface area contributed by atoms with E-state index < -0.39 is 11.8 Å². The monoisotopic (exact) mass is 436 g/mol. The Morgan fingerprint density at radius 1 is 0.968 bits per heavy atom. The highest BCUT2D eigenvalue weighted by Gasteiger charge is 2.36. The predicted octanol–water partition coefficient (Wildman–Crippen LogP) is 3.92. The highest BCUT2D eigenvalue weighted by molar-refractivity contribution is 6.30. The average molecular weight is 437 g/mol. The van der Waals surface area contributed by atoms with E-state index >= 15 is 0 Å². The topological polar surface area (TPSA) is 64.0 Å². The molecule has 2 aliphatic heterocycles. The molecule has 0 radical (unpaired) electrons. The molecule has 1 atom stereocenters. The molecule has 0 saturated carbocycles. The van der Waals surface area contributed by atoms with Crippen molar-refractivity contribution < 1.29 is 15.0 Å². The van der Waals surface area contributed by atoms with Gasteiger partial charge in [-0.2, -0.15) is 0 Å². The molecule has 0 aromatic heterocycles. The Morgan fingerprint density at radius 3 is 2.35 bits per heavy atom. The summed E-state index contributed by atoms with van der Waals surface area (Å²) in [5, 5.41) is 24.5. The van der Waals surface area contributed by atoms with Crippen LogP contribution >= 0.6 is 11.6 Å². The predicted molar refractivity (Wildman–Crippen MR) is 121 cm³/mol. The lowest BCUT2D eigenvalue weighted by Crippen LogP contribution is -2.47. The summed E-state index contributed by atoms with van der Waals surface area (Å²) in [5.74, 6) is -0.133. The molecule has 3 aromatic carbocycles. The fourth-order valence-corrected chi connectivity index (χ4v) is 4.99. The third kappa shape index (κ3) is 3.62. The van der Waals surface area contributed by atoms with Gasteiger partial charge in [0.2, 0.25) is 0 Å². The maximum Gasteiger partial charge on any atom is 0.256 e. The van der Waals surface area contributed by atoms with Crippen LogP contribution in [0.5, 0.6) is 0 Å². The van der Waals surface area contributed by atoms with Gasteiger partial charge >= 0.3 is 0 Å². The zero-order valence-corrected chi connectivity index (χ0v) is 17.9.